The number of anilines is 1. The molecule has 0 aliphatic carbocycles. The van der Waals surface area contributed by atoms with Crippen molar-refractivity contribution in [1.29, 1.82) is 5.26 Å². The first-order valence-electron chi connectivity index (χ1n) is 6.26. The molecule has 0 atom stereocenters. The summed E-state index contributed by atoms with van der Waals surface area (Å²) in [6.07, 6.45) is 1.93. The molecule has 98 valence electrons. The monoisotopic (exact) mass is 281 g/mol. The van der Waals surface area contributed by atoms with E-state index in [0.29, 0.717) is 17.1 Å². The summed E-state index contributed by atoms with van der Waals surface area (Å²) in [5.74, 6) is 0. The van der Waals surface area contributed by atoms with Gasteiger partial charge in [-0.1, -0.05) is 23.7 Å². The molecule has 4 heteroatoms. The Morgan fingerprint density at radius 3 is 2.85 bits per heavy atom. The standard InChI is InChI=1S/C16H12ClN3/c17-14-7-11(9-18)2-4-15(14)20-10-12-1-3-13-5-6-19-16(13)8-12/h1-8,19-20H,10H2. The molecule has 0 aliphatic rings. The minimum Gasteiger partial charge on any atom is -0.380 e. The van der Waals surface area contributed by atoms with Gasteiger partial charge in [-0.2, -0.15) is 5.26 Å². The first kappa shape index (κ1) is 12.6. The minimum absolute atomic E-state index is 0.560. The van der Waals surface area contributed by atoms with Crippen LogP contribution in [0.3, 0.4) is 0 Å². The fourth-order valence-corrected chi connectivity index (χ4v) is 2.38. The number of aromatic nitrogens is 1. The van der Waals surface area contributed by atoms with E-state index in [9.17, 15) is 0 Å². The van der Waals surface area contributed by atoms with Crippen molar-refractivity contribution in [3.63, 3.8) is 0 Å². The molecule has 3 nitrogen and oxygen atoms in total. The van der Waals surface area contributed by atoms with Gasteiger partial charge in [0.25, 0.3) is 0 Å². The molecule has 0 amide bonds. The molecule has 1 aromatic heterocycles. The average molecular weight is 282 g/mol. The molecule has 0 aliphatic heterocycles. The summed E-state index contributed by atoms with van der Waals surface area (Å²) in [6, 6.07) is 15.6. The van der Waals surface area contributed by atoms with Crippen molar-refractivity contribution in [2.24, 2.45) is 0 Å². The van der Waals surface area contributed by atoms with Gasteiger partial charge in [-0.15, -0.1) is 0 Å². The predicted molar refractivity (Wildman–Crippen MR) is 81.8 cm³/mol. The van der Waals surface area contributed by atoms with Gasteiger partial charge in [-0.05, 0) is 41.3 Å². The Hall–Kier alpha value is -2.44. The lowest BCUT2D eigenvalue weighted by Gasteiger charge is -2.09. The number of H-pyrrole nitrogens is 1. The maximum absolute atomic E-state index is 8.81. The third-order valence-electron chi connectivity index (χ3n) is 3.20. The van der Waals surface area contributed by atoms with Gasteiger partial charge in [0.05, 0.1) is 22.3 Å². The molecule has 3 aromatic rings. The number of rotatable bonds is 3. The van der Waals surface area contributed by atoms with E-state index in [0.717, 1.165) is 11.2 Å². The van der Waals surface area contributed by atoms with E-state index in [4.69, 9.17) is 16.9 Å². The highest BCUT2D eigenvalue weighted by atomic mass is 35.5. The van der Waals surface area contributed by atoms with Gasteiger partial charge >= 0.3 is 0 Å². The lowest BCUT2D eigenvalue weighted by atomic mass is 10.1. The van der Waals surface area contributed by atoms with Crippen LogP contribution < -0.4 is 5.32 Å². The Bertz CT molecular complexity index is 799. The Kier molecular flexibility index (Phi) is 3.32. The fraction of sp³-hybridized carbons (Fsp3) is 0.0625. The lowest BCUT2D eigenvalue weighted by Crippen LogP contribution is -2.00. The van der Waals surface area contributed by atoms with Crippen LogP contribution in [0.5, 0.6) is 0 Å². The lowest BCUT2D eigenvalue weighted by molar-refractivity contribution is 1.15. The smallest absolute Gasteiger partial charge is 0.0992 e. The van der Waals surface area contributed by atoms with Crippen LogP contribution in [0.2, 0.25) is 5.02 Å². The number of benzene rings is 2. The molecule has 1 heterocycles. The van der Waals surface area contributed by atoms with Crippen LogP contribution in [-0.4, -0.2) is 4.98 Å². The Labute approximate surface area is 121 Å². The number of nitrogens with zero attached hydrogens (tertiary/aromatic N) is 1. The van der Waals surface area contributed by atoms with Gasteiger partial charge in [-0.25, -0.2) is 0 Å². The molecule has 20 heavy (non-hydrogen) atoms. The van der Waals surface area contributed by atoms with Crippen molar-refractivity contribution >= 4 is 28.2 Å². The number of halogens is 1. The van der Waals surface area contributed by atoms with E-state index in [-0.39, 0.29) is 0 Å². The van der Waals surface area contributed by atoms with E-state index < -0.39 is 0 Å². The quantitative estimate of drug-likeness (QED) is 0.752. The zero-order chi connectivity index (χ0) is 13.9. The largest absolute Gasteiger partial charge is 0.380 e. The van der Waals surface area contributed by atoms with Crippen LogP contribution in [0.15, 0.2) is 48.7 Å². The first-order valence-corrected chi connectivity index (χ1v) is 6.63. The molecule has 2 N–H and O–H groups in total. The summed E-state index contributed by atoms with van der Waals surface area (Å²) in [5.41, 5.74) is 3.68. The zero-order valence-electron chi connectivity index (χ0n) is 10.7. The third-order valence-corrected chi connectivity index (χ3v) is 3.51. The summed E-state index contributed by atoms with van der Waals surface area (Å²) in [5, 5.41) is 13.9. The van der Waals surface area contributed by atoms with Gasteiger partial charge in [0, 0.05) is 18.3 Å². The zero-order valence-corrected chi connectivity index (χ0v) is 11.4. The van der Waals surface area contributed by atoms with E-state index >= 15 is 0 Å². The average Bonchev–Trinajstić information content (AvgIpc) is 2.93. The van der Waals surface area contributed by atoms with Gasteiger partial charge in [-0.3, -0.25) is 0 Å². The van der Waals surface area contributed by atoms with E-state index in [2.05, 4.69) is 34.6 Å². The molecule has 0 saturated heterocycles. The van der Waals surface area contributed by atoms with Crippen LogP contribution in [0.25, 0.3) is 10.9 Å². The van der Waals surface area contributed by atoms with Crippen LogP contribution in [-0.2, 0) is 6.54 Å². The Morgan fingerprint density at radius 2 is 2.05 bits per heavy atom. The third kappa shape index (κ3) is 2.47. The fourth-order valence-electron chi connectivity index (χ4n) is 2.13. The van der Waals surface area contributed by atoms with Crippen LogP contribution in [0.1, 0.15) is 11.1 Å². The SMILES string of the molecule is N#Cc1ccc(NCc2ccc3cc[nH]c3c2)c(Cl)c1. The minimum atomic E-state index is 0.560. The van der Waals surface area contributed by atoms with Crippen molar-refractivity contribution < 1.29 is 0 Å². The molecule has 3 rings (SSSR count). The molecular formula is C16H12ClN3. The second-order valence-corrected chi connectivity index (χ2v) is 4.97. The first-order chi connectivity index (χ1) is 9.76. The van der Waals surface area contributed by atoms with Crippen molar-refractivity contribution in [3.8, 4) is 6.07 Å². The van der Waals surface area contributed by atoms with Gasteiger partial charge in [0.15, 0.2) is 0 Å². The maximum atomic E-state index is 8.81. The highest BCUT2D eigenvalue weighted by Crippen LogP contribution is 2.23. The highest BCUT2D eigenvalue weighted by molar-refractivity contribution is 6.33. The number of nitrogens with one attached hydrogen (secondary N) is 2. The van der Waals surface area contributed by atoms with Crippen molar-refractivity contribution in [1.82, 2.24) is 4.98 Å². The van der Waals surface area contributed by atoms with Gasteiger partial charge in [0.1, 0.15) is 0 Å². The molecule has 0 saturated carbocycles. The Balaban J connectivity index is 1.77. The van der Waals surface area contributed by atoms with Gasteiger partial charge < -0.3 is 10.3 Å². The summed E-state index contributed by atoms with van der Waals surface area (Å²) in [6.45, 7) is 0.681. The molecular weight excluding hydrogens is 270 g/mol. The summed E-state index contributed by atoms with van der Waals surface area (Å²) >= 11 is 6.13. The number of hydrogen-bond donors (Lipinski definition) is 2. The second kappa shape index (κ2) is 5.28. The Morgan fingerprint density at radius 1 is 1.15 bits per heavy atom. The molecule has 0 unspecified atom stereocenters. The maximum Gasteiger partial charge on any atom is 0.0992 e. The van der Waals surface area contributed by atoms with Crippen LogP contribution >= 0.6 is 11.6 Å². The van der Waals surface area contributed by atoms with Crippen molar-refractivity contribution in [2.75, 3.05) is 5.32 Å². The molecule has 0 radical (unpaired) electrons. The predicted octanol–water partition coefficient (Wildman–Crippen LogP) is 4.31. The van der Waals surface area contributed by atoms with Gasteiger partial charge in [0.2, 0.25) is 0 Å². The second-order valence-electron chi connectivity index (χ2n) is 4.56. The molecule has 0 fully saturated rings. The molecule has 0 bridgehead atoms. The number of fused-ring (bicyclic) bond motifs is 1. The van der Waals surface area contributed by atoms with Crippen molar-refractivity contribution in [3.05, 3.63) is 64.8 Å². The number of aromatic amines is 1. The highest BCUT2D eigenvalue weighted by Gasteiger charge is 2.02. The topological polar surface area (TPSA) is 51.6 Å². The number of nitriles is 1. The molecule has 2 aromatic carbocycles. The van der Waals surface area contributed by atoms with Crippen molar-refractivity contribution in [2.45, 2.75) is 6.54 Å². The molecule has 0 spiro atoms. The summed E-state index contributed by atoms with van der Waals surface area (Å²) < 4.78 is 0. The van der Waals surface area contributed by atoms with Crippen LogP contribution in [0, 0.1) is 11.3 Å². The summed E-state index contributed by atoms with van der Waals surface area (Å²) in [4.78, 5) is 3.19. The van der Waals surface area contributed by atoms with Crippen LogP contribution in [0.4, 0.5) is 5.69 Å². The van der Waals surface area contributed by atoms with E-state index in [1.54, 1.807) is 12.1 Å². The summed E-state index contributed by atoms with van der Waals surface area (Å²) in [7, 11) is 0. The number of hydrogen-bond acceptors (Lipinski definition) is 2. The van der Waals surface area contributed by atoms with E-state index in [1.807, 2.05) is 18.3 Å². The normalized spacial score (nSPS) is 10.4. The van der Waals surface area contributed by atoms with E-state index in [1.165, 1.54) is 10.9 Å².